The van der Waals surface area contributed by atoms with E-state index in [0.29, 0.717) is 13.0 Å². The predicted octanol–water partition coefficient (Wildman–Crippen LogP) is 3.58. The van der Waals surface area contributed by atoms with Gasteiger partial charge in [0.1, 0.15) is 22.8 Å². The number of likely N-dealkylation sites (tertiary alicyclic amines) is 1. The molecule has 0 aliphatic carbocycles. The lowest BCUT2D eigenvalue weighted by Crippen LogP contribution is -2.33. The van der Waals surface area contributed by atoms with Crippen LogP contribution in [0.5, 0.6) is 0 Å². The number of aromatic nitrogens is 3. The van der Waals surface area contributed by atoms with Gasteiger partial charge in [-0.05, 0) is 32.3 Å². The van der Waals surface area contributed by atoms with Crippen LogP contribution in [0.15, 0.2) is 6.33 Å². The largest absolute Gasteiger partial charge is 0.370 e. The van der Waals surface area contributed by atoms with Crippen molar-refractivity contribution in [1.29, 1.82) is 0 Å². The van der Waals surface area contributed by atoms with Gasteiger partial charge < -0.3 is 19.9 Å². The van der Waals surface area contributed by atoms with Gasteiger partial charge in [-0.2, -0.15) is 0 Å². The van der Waals surface area contributed by atoms with Gasteiger partial charge in [0.05, 0.1) is 22.4 Å². The number of amides is 1. The SMILES string of the molecule is CN(C)c1nc2sc3c(NCCCN4CCCC4=O)ncnc3c2c2c1COC(C)(C)C2. The third kappa shape index (κ3) is 3.77. The van der Waals surface area contributed by atoms with Crippen LogP contribution >= 0.6 is 11.3 Å². The van der Waals surface area contributed by atoms with E-state index in [1.165, 1.54) is 5.56 Å². The van der Waals surface area contributed by atoms with Gasteiger partial charge in [-0.15, -0.1) is 11.3 Å². The lowest BCUT2D eigenvalue weighted by atomic mass is 9.90. The summed E-state index contributed by atoms with van der Waals surface area (Å²) in [5.41, 5.74) is 3.19. The van der Waals surface area contributed by atoms with Crippen molar-refractivity contribution in [2.75, 3.05) is 43.9 Å². The van der Waals surface area contributed by atoms with Gasteiger partial charge in [0.15, 0.2) is 0 Å². The summed E-state index contributed by atoms with van der Waals surface area (Å²) in [4.78, 5) is 31.0. The number of fused-ring (bicyclic) bond motifs is 5. The highest BCUT2D eigenvalue weighted by atomic mass is 32.1. The highest BCUT2D eigenvalue weighted by Crippen LogP contribution is 2.43. The van der Waals surface area contributed by atoms with E-state index in [2.05, 4.69) is 34.0 Å². The van der Waals surface area contributed by atoms with Crippen LogP contribution in [-0.4, -0.2) is 65.1 Å². The molecule has 8 nitrogen and oxygen atoms in total. The second-order valence-corrected chi connectivity index (χ2v) is 10.5. The van der Waals surface area contributed by atoms with Crippen LogP contribution in [0.1, 0.15) is 44.2 Å². The number of nitrogens with one attached hydrogen (secondary N) is 1. The molecule has 1 fully saturated rings. The van der Waals surface area contributed by atoms with Gasteiger partial charge in [0.25, 0.3) is 0 Å². The second-order valence-electron chi connectivity index (χ2n) is 9.46. The van der Waals surface area contributed by atoms with E-state index in [-0.39, 0.29) is 11.5 Å². The first-order valence-corrected chi connectivity index (χ1v) is 12.1. The third-order valence-electron chi connectivity index (χ3n) is 6.30. The zero-order valence-corrected chi connectivity index (χ0v) is 20.0. The molecular weight excluding hydrogens is 424 g/mol. The summed E-state index contributed by atoms with van der Waals surface area (Å²) in [5.74, 6) is 2.09. The summed E-state index contributed by atoms with van der Waals surface area (Å²) in [7, 11) is 4.05. The molecule has 9 heteroatoms. The Balaban J connectivity index is 1.49. The molecule has 0 atom stereocenters. The molecule has 0 radical (unpaired) electrons. The van der Waals surface area contributed by atoms with Gasteiger partial charge in [-0.3, -0.25) is 4.79 Å². The van der Waals surface area contributed by atoms with Crippen LogP contribution < -0.4 is 10.2 Å². The molecule has 2 aliphatic heterocycles. The van der Waals surface area contributed by atoms with Crippen LogP contribution in [0, 0.1) is 0 Å². The number of anilines is 2. The van der Waals surface area contributed by atoms with Gasteiger partial charge in [-0.1, -0.05) is 0 Å². The third-order valence-corrected chi connectivity index (χ3v) is 7.38. The summed E-state index contributed by atoms with van der Waals surface area (Å²) in [6.07, 6.45) is 5.03. The van der Waals surface area contributed by atoms with Crippen LogP contribution in [0.2, 0.25) is 0 Å². The first-order valence-electron chi connectivity index (χ1n) is 11.3. The Hall–Kier alpha value is -2.52. The predicted molar refractivity (Wildman–Crippen MR) is 129 cm³/mol. The quantitative estimate of drug-likeness (QED) is 0.570. The van der Waals surface area contributed by atoms with Crippen molar-refractivity contribution >= 4 is 49.3 Å². The lowest BCUT2D eigenvalue weighted by molar-refractivity contribution is -0.127. The summed E-state index contributed by atoms with van der Waals surface area (Å²) < 4.78 is 7.16. The number of rotatable bonds is 6. The summed E-state index contributed by atoms with van der Waals surface area (Å²) in [6.45, 7) is 7.28. The minimum Gasteiger partial charge on any atom is -0.370 e. The van der Waals surface area contributed by atoms with E-state index in [0.717, 1.165) is 76.5 Å². The van der Waals surface area contributed by atoms with E-state index < -0.39 is 0 Å². The number of carbonyl (C=O) groups is 1. The average Bonchev–Trinajstić information content (AvgIpc) is 3.33. The molecule has 0 saturated carbocycles. The Kier molecular flexibility index (Phi) is 5.41. The number of hydrogen-bond donors (Lipinski definition) is 1. The zero-order chi connectivity index (χ0) is 22.5. The number of hydrogen-bond acceptors (Lipinski definition) is 8. The Morgan fingerprint density at radius 3 is 2.88 bits per heavy atom. The van der Waals surface area contributed by atoms with Gasteiger partial charge in [-0.25, -0.2) is 15.0 Å². The molecule has 0 bridgehead atoms. The summed E-state index contributed by atoms with van der Waals surface area (Å²) >= 11 is 1.65. The molecule has 5 rings (SSSR count). The Labute approximate surface area is 192 Å². The molecule has 170 valence electrons. The highest BCUT2D eigenvalue weighted by Gasteiger charge is 2.32. The minimum absolute atomic E-state index is 0.222. The second kappa shape index (κ2) is 8.12. The molecule has 5 heterocycles. The van der Waals surface area contributed by atoms with Crippen LogP contribution in [0.4, 0.5) is 11.6 Å². The Morgan fingerprint density at radius 2 is 2.12 bits per heavy atom. The molecule has 1 saturated heterocycles. The van der Waals surface area contributed by atoms with Crippen molar-refractivity contribution in [3.63, 3.8) is 0 Å². The van der Waals surface area contributed by atoms with Crippen molar-refractivity contribution in [1.82, 2.24) is 19.9 Å². The van der Waals surface area contributed by atoms with E-state index in [1.807, 2.05) is 19.0 Å². The first kappa shape index (κ1) is 21.3. The van der Waals surface area contributed by atoms with Crippen molar-refractivity contribution < 1.29 is 9.53 Å². The molecule has 1 N–H and O–H groups in total. The fourth-order valence-corrected chi connectivity index (χ4v) is 5.82. The number of thiophene rings is 1. The van der Waals surface area contributed by atoms with E-state index >= 15 is 0 Å². The average molecular weight is 455 g/mol. The normalized spacial score (nSPS) is 17.9. The minimum atomic E-state index is -0.222. The van der Waals surface area contributed by atoms with E-state index in [9.17, 15) is 4.79 Å². The monoisotopic (exact) mass is 454 g/mol. The van der Waals surface area contributed by atoms with Crippen LogP contribution in [0.25, 0.3) is 20.4 Å². The first-order chi connectivity index (χ1) is 15.3. The zero-order valence-electron chi connectivity index (χ0n) is 19.2. The Bertz CT molecular complexity index is 1190. The number of nitrogens with zero attached hydrogens (tertiary/aromatic N) is 5. The molecule has 0 spiro atoms. The molecule has 3 aromatic heterocycles. The van der Waals surface area contributed by atoms with Crippen molar-refractivity contribution in [2.45, 2.75) is 51.7 Å². The molecular formula is C23H30N6O2S. The molecule has 1 amide bonds. The molecule has 0 unspecified atom stereocenters. The topological polar surface area (TPSA) is 83.5 Å². The molecule has 0 aromatic carbocycles. The van der Waals surface area contributed by atoms with E-state index in [4.69, 9.17) is 9.72 Å². The van der Waals surface area contributed by atoms with Crippen LogP contribution in [0.3, 0.4) is 0 Å². The van der Waals surface area contributed by atoms with E-state index in [1.54, 1.807) is 17.7 Å². The molecule has 2 aliphatic rings. The maximum Gasteiger partial charge on any atom is 0.222 e. The lowest BCUT2D eigenvalue weighted by Gasteiger charge is -2.34. The smallest absolute Gasteiger partial charge is 0.222 e. The Morgan fingerprint density at radius 1 is 1.28 bits per heavy atom. The number of pyridine rings is 1. The fraction of sp³-hybridized carbons (Fsp3) is 0.565. The summed E-state index contributed by atoms with van der Waals surface area (Å²) in [5, 5.41) is 4.61. The summed E-state index contributed by atoms with van der Waals surface area (Å²) in [6, 6.07) is 0. The van der Waals surface area contributed by atoms with Crippen molar-refractivity contribution in [3.05, 3.63) is 17.5 Å². The van der Waals surface area contributed by atoms with Gasteiger partial charge >= 0.3 is 0 Å². The highest BCUT2D eigenvalue weighted by molar-refractivity contribution is 7.26. The molecule has 32 heavy (non-hydrogen) atoms. The molecule has 3 aromatic rings. The fourth-order valence-electron chi connectivity index (χ4n) is 4.70. The number of carbonyl (C=O) groups excluding carboxylic acids is 1. The van der Waals surface area contributed by atoms with Crippen LogP contribution in [-0.2, 0) is 22.6 Å². The van der Waals surface area contributed by atoms with Gasteiger partial charge in [0, 0.05) is 57.5 Å². The standard InChI is InChI=1S/C23H30N6O2S/c1-23(2)11-14-15(12-31-23)21(28(3)4)27-22-17(14)18-19(32-22)20(26-13-25-18)24-8-6-10-29-9-5-7-16(29)30/h13H,5-12H2,1-4H3,(H,24,25,26). The number of ether oxygens (including phenoxy) is 1. The van der Waals surface area contributed by atoms with Crippen molar-refractivity contribution in [2.24, 2.45) is 0 Å². The van der Waals surface area contributed by atoms with Crippen molar-refractivity contribution in [3.8, 4) is 0 Å². The maximum atomic E-state index is 11.8. The maximum absolute atomic E-state index is 11.8. The van der Waals surface area contributed by atoms with Gasteiger partial charge in [0.2, 0.25) is 5.91 Å².